The highest BCUT2D eigenvalue weighted by Crippen LogP contribution is 2.24. The minimum Gasteiger partial charge on any atom is -0.492 e. The number of piperazine rings is 1. The molecular weight excluding hydrogens is 278 g/mol. The maximum Gasteiger partial charge on any atom is 0.282 e. The Morgan fingerprint density at radius 2 is 1.80 bits per heavy atom. The smallest absolute Gasteiger partial charge is 0.282 e. The number of nitrogens with zero attached hydrogens (tertiary/aromatic N) is 2. The second kappa shape index (κ2) is 5.69. The van der Waals surface area contributed by atoms with E-state index in [4.69, 9.17) is 4.74 Å². The third-order valence-electron chi connectivity index (χ3n) is 3.65. The molecule has 2 aliphatic heterocycles. The summed E-state index contributed by atoms with van der Waals surface area (Å²) in [6.07, 6.45) is 0. The molecule has 0 amide bonds. The first-order valence-electron chi connectivity index (χ1n) is 6.84. The lowest BCUT2D eigenvalue weighted by molar-refractivity contribution is 0.272. The number of nitrogens with one attached hydrogen (secondary N) is 1. The van der Waals surface area contributed by atoms with Gasteiger partial charge in [-0.05, 0) is 6.07 Å². The molecule has 7 heteroatoms. The van der Waals surface area contributed by atoms with E-state index >= 15 is 0 Å². The van der Waals surface area contributed by atoms with Crippen LogP contribution < -0.4 is 10.1 Å². The van der Waals surface area contributed by atoms with Crippen LogP contribution in [0.5, 0.6) is 5.75 Å². The van der Waals surface area contributed by atoms with Crippen LogP contribution in [0.2, 0.25) is 0 Å². The molecule has 2 heterocycles. The van der Waals surface area contributed by atoms with Gasteiger partial charge in [0, 0.05) is 44.8 Å². The van der Waals surface area contributed by atoms with Crippen molar-refractivity contribution in [3.63, 3.8) is 0 Å². The molecule has 0 radical (unpaired) electrons. The number of ether oxygens (including phenoxy) is 1. The summed E-state index contributed by atoms with van der Waals surface area (Å²) in [6.45, 7) is 3.63. The van der Waals surface area contributed by atoms with E-state index in [1.165, 1.54) is 4.31 Å². The van der Waals surface area contributed by atoms with Crippen molar-refractivity contribution in [2.75, 3.05) is 39.3 Å². The molecule has 2 aliphatic rings. The van der Waals surface area contributed by atoms with E-state index in [2.05, 4.69) is 5.32 Å². The van der Waals surface area contributed by atoms with Crippen molar-refractivity contribution in [3.05, 3.63) is 29.8 Å². The van der Waals surface area contributed by atoms with Crippen molar-refractivity contribution in [2.45, 2.75) is 6.54 Å². The molecule has 0 bridgehead atoms. The highest BCUT2D eigenvalue weighted by atomic mass is 32.2. The molecule has 0 saturated carbocycles. The lowest BCUT2D eigenvalue weighted by Gasteiger charge is -2.31. The monoisotopic (exact) mass is 297 g/mol. The van der Waals surface area contributed by atoms with E-state index in [9.17, 15) is 8.42 Å². The van der Waals surface area contributed by atoms with Crippen molar-refractivity contribution < 1.29 is 13.2 Å². The molecule has 0 aromatic heterocycles. The van der Waals surface area contributed by atoms with Crippen molar-refractivity contribution >= 4 is 10.2 Å². The van der Waals surface area contributed by atoms with Crippen LogP contribution >= 0.6 is 0 Å². The molecule has 1 saturated heterocycles. The van der Waals surface area contributed by atoms with Gasteiger partial charge in [-0.2, -0.15) is 17.0 Å². The minimum atomic E-state index is -3.40. The molecule has 6 nitrogen and oxygen atoms in total. The first kappa shape index (κ1) is 13.8. The molecular formula is C13H19N3O3S. The van der Waals surface area contributed by atoms with Gasteiger partial charge >= 0.3 is 0 Å². The highest BCUT2D eigenvalue weighted by molar-refractivity contribution is 7.86. The van der Waals surface area contributed by atoms with E-state index in [1.54, 1.807) is 4.31 Å². The molecule has 1 fully saturated rings. The molecule has 0 unspecified atom stereocenters. The molecule has 1 N–H and O–H groups in total. The average Bonchev–Trinajstić information content (AvgIpc) is 2.71. The van der Waals surface area contributed by atoms with Crippen molar-refractivity contribution in [3.8, 4) is 5.75 Å². The van der Waals surface area contributed by atoms with Gasteiger partial charge < -0.3 is 10.1 Å². The lowest BCUT2D eigenvalue weighted by atomic mass is 10.2. The Hall–Kier alpha value is -1.15. The van der Waals surface area contributed by atoms with Gasteiger partial charge in [-0.3, -0.25) is 0 Å². The Kier molecular flexibility index (Phi) is 3.93. The molecule has 110 valence electrons. The van der Waals surface area contributed by atoms with Gasteiger partial charge in [0.2, 0.25) is 0 Å². The number of fused-ring (bicyclic) bond motifs is 1. The van der Waals surface area contributed by atoms with Crippen LogP contribution in [0, 0.1) is 0 Å². The third kappa shape index (κ3) is 2.67. The van der Waals surface area contributed by atoms with Crippen LogP contribution in [0.4, 0.5) is 0 Å². The summed E-state index contributed by atoms with van der Waals surface area (Å²) in [5.74, 6) is 0.783. The van der Waals surface area contributed by atoms with E-state index in [1.807, 2.05) is 24.3 Å². The Balaban J connectivity index is 1.83. The zero-order valence-corrected chi connectivity index (χ0v) is 12.1. The molecule has 1 aromatic carbocycles. The summed E-state index contributed by atoms with van der Waals surface area (Å²) < 4.78 is 34.0. The number of hydrogen-bond donors (Lipinski definition) is 1. The maximum absolute atomic E-state index is 12.7. The zero-order valence-electron chi connectivity index (χ0n) is 11.3. The van der Waals surface area contributed by atoms with Gasteiger partial charge in [0.05, 0.1) is 0 Å². The largest absolute Gasteiger partial charge is 0.492 e. The van der Waals surface area contributed by atoms with Crippen molar-refractivity contribution in [1.82, 2.24) is 13.9 Å². The summed E-state index contributed by atoms with van der Waals surface area (Å²) in [5, 5.41) is 3.17. The molecule has 0 spiro atoms. The third-order valence-corrected chi connectivity index (χ3v) is 5.63. The summed E-state index contributed by atoms with van der Waals surface area (Å²) in [6, 6.07) is 7.61. The van der Waals surface area contributed by atoms with Gasteiger partial charge in [0.1, 0.15) is 12.4 Å². The standard InChI is InChI=1S/C13H19N3O3S/c17-20(18,15-7-5-14-6-8-15)16-9-10-19-13-4-2-1-3-12(13)11-16/h1-4,14H,5-11H2. The topological polar surface area (TPSA) is 61.9 Å². The van der Waals surface area contributed by atoms with Crippen LogP contribution in [0.25, 0.3) is 0 Å². The van der Waals surface area contributed by atoms with E-state index in [-0.39, 0.29) is 0 Å². The number of benzene rings is 1. The second-order valence-corrected chi connectivity index (χ2v) is 6.88. The van der Waals surface area contributed by atoms with Gasteiger partial charge in [0.25, 0.3) is 10.2 Å². The fraction of sp³-hybridized carbons (Fsp3) is 0.538. The number of rotatable bonds is 2. The predicted molar refractivity (Wildman–Crippen MR) is 75.7 cm³/mol. The number of para-hydroxylation sites is 1. The minimum absolute atomic E-state index is 0.377. The quantitative estimate of drug-likeness (QED) is 0.837. The first-order valence-corrected chi connectivity index (χ1v) is 8.24. The second-order valence-electron chi connectivity index (χ2n) is 4.95. The van der Waals surface area contributed by atoms with Gasteiger partial charge in [-0.25, -0.2) is 0 Å². The van der Waals surface area contributed by atoms with E-state index in [0.717, 1.165) is 11.3 Å². The average molecular weight is 297 g/mol. The Bertz CT molecular complexity index is 570. The normalized spacial score (nSPS) is 21.8. The molecule has 1 aromatic rings. The SMILES string of the molecule is O=S(=O)(N1CCNCC1)N1CCOc2ccccc2C1. The zero-order chi connectivity index (χ0) is 14.0. The fourth-order valence-electron chi connectivity index (χ4n) is 2.54. The highest BCUT2D eigenvalue weighted by Gasteiger charge is 2.32. The summed E-state index contributed by atoms with van der Waals surface area (Å²) >= 11 is 0. The summed E-state index contributed by atoms with van der Waals surface area (Å²) in [5.41, 5.74) is 0.920. The van der Waals surface area contributed by atoms with Crippen LogP contribution in [-0.4, -0.2) is 56.4 Å². The van der Waals surface area contributed by atoms with Crippen LogP contribution in [0.3, 0.4) is 0 Å². The molecule has 0 aliphatic carbocycles. The van der Waals surface area contributed by atoms with Crippen LogP contribution in [0.1, 0.15) is 5.56 Å². The predicted octanol–water partition coefficient (Wildman–Crippen LogP) is 0.0310. The van der Waals surface area contributed by atoms with E-state index < -0.39 is 10.2 Å². The van der Waals surface area contributed by atoms with Crippen molar-refractivity contribution in [1.29, 1.82) is 0 Å². The first-order chi connectivity index (χ1) is 9.68. The van der Waals surface area contributed by atoms with Gasteiger partial charge in [-0.15, -0.1) is 0 Å². The van der Waals surface area contributed by atoms with Crippen LogP contribution in [-0.2, 0) is 16.8 Å². The summed E-state index contributed by atoms with van der Waals surface area (Å²) in [4.78, 5) is 0. The molecule has 3 rings (SSSR count). The lowest BCUT2D eigenvalue weighted by Crippen LogP contribution is -2.51. The summed E-state index contributed by atoms with van der Waals surface area (Å²) in [7, 11) is -3.40. The fourth-order valence-corrected chi connectivity index (χ4v) is 4.12. The van der Waals surface area contributed by atoms with Gasteiger partial charge in [0.15, 0.2) is 0 Å². The Morgan fingerprint density at radius 3 is 2.60 bits per heavy atom. The van der Waals surface area contributed by atoms with Crippen molar-refractivity contribution in [2.24, 2.45) is 0 Å². The Morgan fingerprint density at radius 1 is 1.05 bits per heavy atom. The van der Waals surface area contributed by atoms with Crippen LogP contribution in [0.15, 0.2) is 24.3 Å². The molecule has 0 atom stereocenters. The van der Waals surface area contributed by atoms with E-state index in [0.29, 0.717) is 45.9 Å². The Labute approximate surface area is 119 Å². The maximum atomic E-state index is 12.7. The number of hydrogen-bond acceptors (Lipinski definition) is 4. The molecule has 20 heavy (non-hydrogen) atoms. The van der Waals surface area contributed by atoms with Gasteiger partial charge in [-0.1, -0.05) is 18.2 Å².